The Bertz CT molecular complexity index is 330. The predicted octanol–water partition coefficient (Wildman–Crippen LogP) is 2.21. The van der Waals surface area contributed by atoms with Crippen molar-refractivity contribution in [2.45, 2.75) is 64.5 Å². The maximum absolute atomic E-state index is 12.2. The van der Waals surface area contributed by atoms with E-state index in [9.17, 15) is 14.7 Å². The first-order valence-electron chi connectivity index (χ1n) is 6.62. The van der Waals surface area contributed by atoms with E-state index in [4.69, 9.17) is 0 Å². The summed E-state index contributed by atoms with van der Waals surface area (Å²) < 4.78 is 0. The van der Waals surface area contributed by atoms with E-state index in [1.807, 2.05) is 0 Å². The van der Waals surface area contributed by atoms with Crippen molar-refractivity contribution in [1.29, 1.82) is 0 Å². The number of aliphatic carboxylic acids is 1. The fourth-order valence-corrected chi connectivity index (χ4v) is 2.37. The molecule has 0 unspecified atom stereocenters. The molecule has 0 aromatic heterocycles. The zero-order valence-corrected chi connectivity index (χ0v) is 11.7. The number of carboxylic acids is 1. The van der Waals surface area contributed by atoms with E-state index in [0.29, 0.717) is 6.54 Å². The van der Waals surface area contributed by atoms with Gasteiger partial charge in [0.1, 0.15) is 5.54 Å². The summed E-state index contributed by atoms with van der Waals surface area (Å²) in [6.07, 6.45) is 3.99. The van der Waals surface area contributed by atoms with Crippen LogP contribution in [0.2, 0.25) is 0 Å². The van der Waals surface area contributed by atoms with Crippen molar-refractivity contribution in [2.24, 2.45) is 0 Å². The smallest absolute Gasteiger partial charge is 0.329 e. The first-order valence-corrected chi connectivity index (χ1v) is 6.62. The van der Waals surface area contributed by atoms with E-state index in [-0.39, 0.29) is 11.6 Å². The third-order valence-corrected chi connectivity index (χ3v) is 4.12. The van der Waals surface area contributed by atoms with E-state index in [0.717, 1.165) is 25.7 Å². The summed E-state index contributed by atoms with van der Waals surface area (Å²) in [5, 5.41) is 12.2. The molecule has 1 aliphatic rings. The van der Waals surface area contributed by atoms with Gasteiger partial charge in [0.2, 0.25) is 0 Å². The minimum Gasteiger partial charge on any atom is -0.480 e. The van der Waals surface area contributed by atoms with Gasteiger partial charge in [0.05, 0.1) is 0 Å². The minimum absolute atomic E-state index is 0.112. The van der Waals surface area contributed by atoms with Gasteiger partial charge in [-0.05, 0) is 46.5 Å². The van der Waals surface area contributed by atoms with Crippen molar-refractivity contribution in [3.8, 4) is 0 Å². The number of amides is 2. The van der Waals surface area contributed by atoms with Gasteiger partial charge in [-0.3, -0.25) is 0 Å². The number of hydrogen-bond acceptors (Lipinski definition) is 2. The highest BCUT2D eigenvalue weighted by molar-refractivity contribution is 5.85. The van der Waals surface area contributed by atoms with Crippen LogP contribution in [0.3, 0.4) is 0 Å². The Hall–Kier alpha value is -1.26. The van der Waals surface area contributed by atoms with Crippen molar-refractivity contribution in [1.82, 2.24) is 10.2 Å². The maximum Gasteiger partial charge on any atom is 0.329 e. The molecule has 0 aromatic carbocycles. The third kappa shape index (κ3) is 2.60. The summed E-state index contributed by atoms with van der Waals surface area (Å²) >= 11 is 0. The Balaban J connectivity index is 2.77. The molecule has 0 atom stereocenters. The number of hydrogen-bond donors (Lipinski definition) is 2. The molecule has 2 amide bonds. The molecule has 5 nitrogen and oxygen atoms in total. The van der Waals surface area contributed by atoms with E-state index >= 15 is 0 Å². The lowest BCUT2D eigenvalue weighted by Gasteiger charge is -2.44. The molecule has 5 heteroatoms. The van der Waals surface area contributed by atoms with Crippen LogP contribution in [0.4, 0.5) is 4.79 Å². The number of carbonyl (C=O) groups is 2. The van der Waals surface area contributed by atoms with Crippen LogP contribution in [-0.4, -0.2) is 39.6 Å². The lowest BCUT2D eigenvalue weighted by molar-refractivity contribution is -0.147. The van der Waals surface area contributed by atoms with Gasteiger partial charge in [0.15, 0.2) is 0 Å². The SMILES string of the molecule is CCN(C(=O)NC1(CC)CCC1)C(C)(C)C(=O)O. The Morgan fingerprint density at radius 3 is 2.17 bits per heavy atom. The molecule has 2 N–H and O–H groups in total. The lowest BCUT2D eigenvalue weighted by Crippen LogP contribution is -2.62. The Morgan fingerprint density at radius 2 is 1.89 bits per heavy atom. The van der Waals surface area contributed by atoms with Crippen molar-refractivity contribution >= 4 is 12.0 Å². The monoisotopic (exact) mass is 256 g/mol. The number of likely N-dealkylation sites (N-methyl/N-ethyl adjacent to an activating group) is 1. The molecule has 0 bridgehead atoms. The lowest BCUT2D eigenvalue weighted by atomic mass is 9.75. The van der Waals surface area contributed by atoms with Crippen LogP contribution in [0, 0.1) is 0 Å². The molecule has 0 aliphatic heterocycles. The summed E-state index contributed by atoms with van der Waals surface area (Å²) in [5.41, 5.74) is -1.30. The molecule has 1 aliphatic carbocycles. The highest BCUT2D eigenvalue weighted by atomic mass is 16.4. The van der Waals surface area contributed by atoms with E-state index < -0.39 is 11.5 Å². The first kappa shape index (κ1) is 14.8. The first-order chi connectivity index (χ1) is 8.29. The van der Waals surface area contributed by atoms with Gasteiger partial charge in [-0.1, -0.05) is 6.92 Å². The highest BCUT2D eigenvalue weighted by Gasteiger charge is 2.42. The molecule has 104 valence electrons. The van der Waals surface area contributed by atoms with Gasteiger partial charge in [-0.2, -0.15) is 0 Å². The summed E-state index contributed by atoms with van der Waals surface area (Å²) in [7, 11) is 0. The highest BCUT2D eigenvalue weighted by Crippen LogP contribution is 2.35. The minimum atomic E-state index is -1.18. The fraction of sp³-hybridized carbons (Fsp3) is 0.846. The van der Waals surface area contributed by atoms with Gasteiger partial charge in [-0.15, -0.1) is 0 Å². The van der Waals surface area contributed by atoms with Crippen LogP contribution in [0.15, 0.2) is 0 Å². The molecule has 0 saturated heterocycles. The van der Waals surface area contributed by atoms with Crippen LogP contribution in [-0.2, 0) is 4.79 Å². The van der Waals surface area contributed by atoms with Crippen molar-refractivity contribution in [3.63, 3.8) is 0 Å². The molecule has 0 radical (unpaired) electrons. The second-order valence-electron chi connectivity index (χ2n) is 5.53. The van der Waals surface area contributed by atoms with Gasteiger partial charge >= 0.3 is 12.0 Å². The summed E-state index contributed by atoms with van der Waals surface area (Å²) in [4.78, 5) is 24.8. The van der Waals surface area contributed by atoms with E-state index in [1.54, 1.807) is 20.8 Å². The standard InChI is InChI=1S/C13H24N2O3/c1-5-13(8-7-9-13)14-11(18)15(6-2)12(3,4)10(16)17/h5-9H2,1-4H3,(H,14,18)(H,16,17). The predicted molar refractivity (Wildman–Crippen MR) is 69.5 cm³/mol. The Labute approximate surface area is 109 Å². The fourth-order valence-electron chi connectivity index (χ4n) is 2.37. The number of carboxylic acid groups (broad SMARTS) is 1. The summed E-state index contributed by atoms with van der Waals surface area (Å²) in [6.45, 7) is 7.34. The average molecular weight is 256 g/mol. The molecule has 0 heterocycles. The second-order valence-corrected chi connectivity index (χ2v) is 5.53. The topological polar surface area (TPSA) is 69.6 Å². The number of nitrogens with zero attached hydrogens (tertiary/aromatic N) is 1. The van der Waals surface area contributed by atoms with Crippen molar-refractivity contribution < 1.29 is 14.7 Å². The zero-order valence-electron chi connectivity index (χ0n) is 11.7. The number of urea groups is 1. The van der Waals surface area contributed by atoms with Gasteiger partial charge in [-0.25, -0.2) is 9.59 Å². The number of nitrogens with one attached hydrogen (secondary N) is 1. The normalized spacial score (nSPS) is 17.8. The van der Waals surface area contributed by atoms with Gasteiger partial charge in [0, 0.05) is 12.1 Å². The third-order valence-electron chi connectivity index (χ3n) is 4.12. The number of rotatable bonds is 5. The van der Waals surface area contributed by atoms with Crippen LogP contribution in [0.1, 0.15) is 53.4 Å². The Morgan fingerprint density at radius 1 is 1.33 bits per heavy atom. The second kappa shape index (κ2) is 5.16. The molecule has 1 saturated carbocycles. The average Bonchev–Trinajstić information content (AvgIpc) is 2.23. The van der Waals surface area contributed by atoms with Crippen LogP contribution in [0.5, 0.6) is 0 Å². The summed E-state index contributed by atoms with van der Waals surface area (Å²) in [6, 6.07) is -0.272. The quantitative estimate of drug-likeness (QED) is 0.792. The van der Waals surface area contributed by atoms with E-state index in [2.05, 4.69) is 12.2 Å². The number of carbonyl (C=O) groups excluding carboxylic acids is 1. The van der Waals surface area contributed by atoms with Crippen LogP contribution < -0.4 is 5.32 Å². The summed E-state index contributed by atoms with van der Waals surface area (Å²) in [5.74, 6) is -0.987. The molecule has 0 spiro atoms. The van der Waals surface area contributed by atoms with Gasteiger partial charge in [0.25, 0.3) is 0 Å². The van der Waals surface area contributed by atoms with Gasteiger partial charge < -0.3 is 15.3 Å². The molecule has 18 heavy (non-hydrogen) atoms. The Kier molecular flexibility index (Phi) is 4.24. The zero-order chi connectivity index (χ0) is 14.0. The molecular formula is C13H24N2O3. The van der Waals surface area contributed by atoms with Crippen LogP contribution >= 0.6 is 0 Å². The largest absolute Gasteiger partial charge is 0.480 e. The molecular weight excluding hydrogens is 232 g/mol. The molecule has 0 aromatic rings. The molecule has 1 rings (SSSR count). The maximum atomic E-state index is 12.2. The van der Waals surface area contributed by atoms with Crippen LogP contribution in [0.25, 0.3) is 0 Å². The van der Waals surface area contributed by atoms with E-state index in [1.165, 1.54) is 4.90 Å². The van der Waals surface area contributed by atoms with Crippen molar-refractivity contribution in [2.75, 3.05) is 6.54 Å². The molecule has 1 fully saturated rings. The van der Waals surface area contributed by atoms with Crippen molar-refractivity contribution in [3.05, 3.63) is 0 Å².